The standard InChI is InChI=1S/C13H28NO7P/c1-5-6-7-8-13(18,11(17)10(16)9-15)12(14(2,3)4)22(19,20)21/h10,12,15-16,18H,5-9H2,1-4H3,(H-,19,20,21)/p+1. The Balaban J connectivity index is 5.89. The molecule has 9 heteroatoms. The Morgan fingerprint density at radius 1 is 1.23 bits per heavy atom. The summed E-state index contributed by atoms with van der Waals surface area (Å²) in [6, 6.07) is 0. The predicted molar refractivity (Wildman–Crippen MR) is 81.1 cm³/mol. The van der Waals surface area contributed by atoms with Crippen molar-refractivity contribution in [3.8, 4) is 0 Å². The van der Waals surface area contributed by atoms with Crippen LogP contribution in [0.5, 0.6) is 0 Å². The first kappa shape index (κ1) is 21.7. The van der Waals surface area contributed by atoms with Gasteiger partial charge in [0, 0.05) is 0 Å². The zero-order valence-electron chi connectivity index (χ0n) is 13.6. The van der Waals surface area contributed by atoms with Gasteiger partial charge in [-0.15, -0.1) is 0 Å². The molecule has 0 aromatic carbocycles. The lowest BCUT2D eigenvalue weighted by Gasteiger charge is -2.43. The van der Waals surface area contributed by atoms with Crippen molar-refractivity contribution < 1.29 is 38.9 Å². The highest BCUT2D eigenvalue weighted by atomic mass is 31.2. The molecular weight excluding hydrogens is 313 g/mol. The van der Waals surface area contributed by atoms with E-state index >= 15 is 0 Å². The smallest absolute Gasteiger partial charge is 0.386 e. The van der Waals surface area contributed by atoms with Crippen LogP contribution in [-0.4, -0.2) is 80.6 Å². The minimum Gasteiger partial charge on any atom is -0.393 e. The quantitative estimate of drug-likeness (QED) is 0.204. The molecule has 0 saturated carbocycles. The van der Waals surface area contributed by atoms with Crippen molar-refractivity contribution in [1.29, 1.82) is 0 Å². The fraction of sp³-hybridized carbons (Fsp3) is 0.923. The molecule has 0 aromatic rings. The monoisotopic (exact) mass is 342 g/mol. The van der Waals surface area contributed by atoms with Crippen LogP contribution in [0, 0.1) is 0 Å². The van der Waals surface area contributed by atoms with Crippen LogP contribution in [0.1, 0.15) is 32.6 Å². The molecule has 0 fully saturated rings. The highest BCUT2D eigenvalue weighted by molar-refractivity contribution is 7.52. The normalized spacial score (nSPS) is 18.6. The van der Waals surface area contributed by atoms with Gasteiger partial charge in [0.1, 0.15) is 6.10 Å². The number of carbonyl (C=O) groups is 1. The third-order valence-electron chi connectivity index (χ3n) is 3.54. The molecule has 0 aromatic heterocycles. The molecule has 8 nitrogen and oxygen atoms in total. The number of quaternary nitrogens is 1. The number of aliphatic hydroxyl groups is 3. The van der Waals surface area contributed by atoms with Gasteiger partial charge in [0.05, 0.1) is 27.7 Å². The molecule has 0 aliphatic carbocycles. The van der Waals surface area contributed by atoms with Gasteiger partial charge in [0.25, 0.3) is 0 Å². The first-order chi connectivity index (χ1) is 9.82. The summed E-state index contributed by atoms with van der Waals surface area (Å²) in [7, 11) is -0.508. The van der Waals surface area contributed by atoms with Gasteiger partial charge in [-0.2, -0.15) is 0 Å². The van der Waals surface area contributed by atoms with Gasteiger partial charge in [-0.1, -0.05) is 19.8 Å². The molecule has 22 heavy (non-hydrogen) atoms. The summed E-state index contributed by atoms with van der Waals surface area (Å²) in [6.45, 7) is 0.990. The van der Waals surface area contributed by atoms with Crippen molar-refractivity contribution in [1.82, 2.24) is 0 Å². The molecule has 0 amide bonds. The number of Topliss-reactive ketones (excluding diaryl/α,β-unsaturated/α-hetero) is 1. The van der Waals surface area contributed by atoms with E-state index in [1.54, 1.807) is 0 Å². The van der Waals surface area contributed by atoms with Gasteiger partial charge in [0.2, 0.25) is 11.6 Å². The van der Waals surface area contributed by atoms with E-state index in [1.165, 1.54) is 21.1 Å². The van der Waals surface area contributed by atoms with Crippen LogP contribution in [0.2, 0.25) is 0 Å². The summed E-state index contributed by atoms with van der Waals surface area (Å²) < 4.78 is 11.5. The summed E-state index contributed by atoms with van der Waals surface area (Å²) in [6.07, 6.45) is -0.254. The first-order valence-electron chi connectivity index (χ1n) is 7.24. The number of unbranched alkanes of at least 4 members (excludes halogenated alkanes) is 2. The van der Waals surface area contributed by atoms with E-state index in [0.717, 1.165) is 6.42 Å². The number of ketones is 1. The summed E-state index contributed by atoms with van der Waals surface area (Å²) in [5.74, 6) is -2.89. The molecule has 5 N–H and O–H groups in total. The average Bonchev–Trinajstić information content (AvgIpc) is 2.33. The van der Waals surface area contributed by atoms with Crippen molar-refractivity contribution in [3.63, 3.8) is 0 Å². The van der Waals surface area contributed by atoms with E-state index in [9.17, 15) is 29.4 Å². The number of hydrogen-bond donors (Lipinski definition) is 5. The van der Waals surface area contributed by atoms with Crippen LogP contribution in [-0.2, 0) is 9.36 Å². The Kier molecular flexibility index (Phi) is 7.84. The maximum atomic E-state index is 12.3. The second-order valence-electron chi connectivity index (χ2n) is 6.52. The molecule has 0 rings (SSSR count). The third kappa shape index (κ3) is 5.38. The van der Waals surface area contributed by atoms with Crippen molar-refractivity contribution in [3.05, 3.63) is 0 Å². The van der Waals surface area contributed by atoms with Crippen LogP contribution < -0.4 is 0 Å². The number of rotatable bonds is 10. The second-order valence-corrected chi connectivity index (χ2v) is 8.19. The molecule has 0 saturated heterocycles. The molecule has 3 atom stereocenters. The maximum absolute atomic E-state index is 12.3. The van der Waals surface area contributed by atoms with Crippen molar-refractivity contribution in [2.45, 2.75) is 50.1 Å². The fourth-order valence-electron chi connectivity index (χ4n) is 2.77. The van der Waals surface area contributed by atoms with E-state index < -0.39 is 37.5 Å². The van der Waals surface area contributed by atoms with Gasteiger partial charge >= 0.3 is 7.60 Å². The molecule has 0 aliphatic rings. The van der Waals surface area contributed by atoms with Crippen LogP contribution in [0.15, 0.2) is 0 Å². The van der Waals surface area contributed by atoms with Crippen LogP contribution in [0.4, 0.5) is 0 Å². The molecular formula is C13H29NO7P+. The number of hydrogen-bond acceptors (Lipinski definition) is 5. The lowest BCUT2D eigenvalue weighted by atomic mass is 9.87. The van der Waals surface area contributed by atoms with E-state index in [-0.39, 0.29) is 10.9 Å². The zero-order chi connectivity index (χ0) is 17.8. The largest absolute Gasteiger partial charge is 0.393 e. The molecule has 3 unspecified atom stereocenters. The molecule has 0 heterocycles. The highest BCUT2D eigenvalue weighted by Gasteiger charge is 2.60. The second kappa shape index (κ2) is 7.97. The van der Waals surface area contributed by atoms with Crippen molar-refractivity contribution in [2.75, 3.05) is 27.7 Å². The number of likely N-dealkylation sites (N-methyl/N-ethyl adjacent to an activating group) is 1. The van der Waals surface area contributed by atoms with Gasteiger partial charge in [-0.05, 0) is 12.8 Å². The molecule has 0 radical (unpaired) electrons. The molecule has 0 spiro atoms. The predicted octanol–water partition coefficient (Wildman–Crippen LogP) is -0.570. The summed E-state index contributed by atoms with van der Waals surface area (Å²) in [5.41, 5.74) is -2.42. The Morgan fingerprint density at radius 2 is 1.73 bits per heavy atom. The topological polar surface area (TPSA) is 135 Å². The van der Waals surface area contributed by atoms with Gasteiger partial charge in [-0.25, -0.2) is 0 Å². The number of carbonyl (C=O) groups excluding carboxylic acids is 1. The Morgan fingerprint density at radius 3 is 2.05 bits per heavy atom. The lowest BCUT2D eigenvalue weighted by molar-refractivity contribution is -0.889. The van der Waals surface area contributed by atoms with E-state index in [2.05, 4.69) is 0 Å². The molecule has 0 aliphatic heterocycles. The summed E-state index contributed by atoms with van der Waals surface area (Å²) in [5, 5.41) is 29.3. The Labute approximate surface area is 131 Å². The van der Waals surface area contributed by atoms with Crippen LogP contribution in [0.3, 0.4) is 0 Å². The number of nitrogens with zero attached hydrogens (tertiary/aromatic N) is 1. The summed E-state index contributed by atoms with van der Waals surface area (Å²) in [4.78, 5) is 31.6. The van der Waals surface area contributed by atoms with Gasteiger partial charge < -0.3 is 29.6 Å². The number of aliphatic hydroxyl groups excluding tert-OH is 2. The van der Waals surface area contributed by atoms with Crippen molar-refractivity contribution in [2.24, 2.45) is 0 Å². The SMILES string of the molecule is CCCCCC(O)(C(=O)C(O)CO)C([N+](C)(C)C)P(=O)(O)O. The van der Waals surface area contributed by atoms with Crippen LogP contribution in [0.25, 0.3) is 0 Å². The van der Waals surface area contributed by atoms with Crippen LogP contribution >= 0.6 is 7.60 Å². The Bertz CT molecular complexity index is 417. The third-order valence-corrected chi connectivity index (χ3v) is 5.30. The minimum atomic E-state index is -4.86. The Hall–Kier alpha value is -0.340. The zero-order valence-corrected chi connectivity index (χ0v) is 14.5. The fourth-order valence-corrected chi connectivity index (χ4v) is 4.48. The van der Waals surface area contributed by atoms with Gasteiger partial charge in [-0.3, -0.25) is 9.36 Å². The molecule has 0 bridgehead atoms. The minimum absolute atomic E-state index is 0.192. The lowest BCUT2D eigenvalue weighted by Crippen LogP contribution is -2.64. The van der Waals surface area contributed by atoms with Crippen molar-refractivity contribution >= 4 is 13.4 Å². The molecule has 132 valence electrons. The first-order valence-corrected chi connectivity index (χ1v) is 8.92. The summed E-state index contributed by atoms with van der Waals surface area (Å²) >= 11 is 0. The van der Waals surface area contributed by atoms with Gasteiger partial charge in [0.15, 0.2) is 5.60 Å². The highest BCUT2D eigenvalue weighted by Crippen LogP contribution is 2.51. The van der Waals surface area contributed by atoms with E-state index in [1.807, 2.05) is 6.92 Å². The maximum Gasteiger partial charge on any atom is 0.386 e. The average molecular weight is 342 g/mol. The van der Waals surface area contributed by atoms with E-state index in [0.29, 0.717) is 12.8 Å². The van der Waals surface area contributed by atoms with E-state index in [4.69, 9.17) is 5.11 Å².